The van der Waals surface area contributed by atoms with Crippen molar-refractivity contribution in [2.45, 2.75) is 13.0 Å². The van der Waals surface area contributed by atoms with E-state index in [-0.39, 0.29) is 29.2 Å². The van der Waals surface area contributed by atoms with Gasteiger partial charge in [0.05, 0.1) is 24.1 Å². The summed E-state index contributed by atoms with van der Waals surface area (Å²) in [7, 11) is 1.52. The molecule has 0 saturated carbocycles. The molecule has 1 unspecified atom stereocenters. The summed E-state index contributed by atoms with van der Waals surface area (Å²) in [6, 6.07) is 12.5. The molecule has 26 heavy (non-hydrogen) atoms. The zero-order valence-electron chi connectivity index (χ0n) is 14.4. The van der Waals surface area contributed by atoms with Crippen molar-refractivity contribution in [1.29, 1.82) is 0 Å². The molecular weight excluding hydrogens is 332 g/mol. The van der Waals surface area contributed by atoms with Crippen LogP contribution >= 0.6 is 0 Å². The second-order valence-electron chi connectivity index (χ2n) is 5.61. The number of amides is 2. The third-order valence-corrected chi connectivity index (χ3v) is 3.92. The Kier molecular flexibility index (Phi) is 5.02. The average Bonchev–Trinajstić information content (AvgIpc) is 3.14. The van der Waals surface area contributed by atoms with Crippen LogP contribution in [0.2, 0.25) is 0 Å². The minimum absolute atomic E-state index is 0.174. The quantitative estimate of drug-likeness (QED) is 0.732. The highest BCUT2D eigenvalue weighted by atomic mass is 16.2. The first kappa shape index (κ1) is 17.3. The van der Waals surface area contributed by atoms with Crippen LogP contribution in [0.1, 0.15) is 39.5 Å². The molecule has 0 fully saturated rings. The molecule has 2 N–H and O–H groups in total. The van der Waals surface area contributed by atoms with Crippen LogP contribution in [0.4, 0.5) is 5.69 Å². The molecule has 0 spiro atoms. The van der Waals surface area contributed by atoms with Crippen molar-refractivity contribution in [3.63, 3.8) is 0 Å². The lowest BCUT2D eigenvalue weighted by atomic mass is 10.1. The molecule has 132 valence electrons. The van der Waals surface area contributed by atoms with Gasteiger partial charge in [-0.05, 0) is 18.6 Å². The van der Waals surface area contributed by atoms with E-state index in [2.05, 4.69) is 25.9 Å². The molecule has 1 aromatic carbocycles. The van der Waals surface area contributed by atoms with Crippen molar-refractivity contribution < 1.29 is 9.59 Å². The molecule has 1 atom stereocenters. The Morgan fingerprint density at radius 1 is 1.08 bits per heavy atom. The van der Waals surface area contributed by atoms with Crippen LogP contribution in [0.15, 0.2) is 54.9 Å². The number of carbonyl (C=O) groups is 2. The summed E-state index contributed by atoms with van der Waals surface area (Å²) < 4.78 is 1.55. The van der Waals surface area contributed by atoms with Gasteiger partial charge in [0.2, 0.25) is 0 Å². The molecule has 0 aliphatic heterocycles. The first-order chi connectivity index (χ1) is 12.6. The van der Waals surface area contributed by atoms with Crippen LogP contribution in [-0.2, 0) is 0 Å². The Morgan fingerprint density at radius 2 is 1.85 bits per heavy atom. The molecule has 0 aliphatic rings. The zero-order valence-corrected chi connectivity index (χ0v) is 14.4. The molecular formula is C18H18N6O2. The lowest BCUT2D eigenvalue weighted by Crippen LogP contribution is -2.21. The van der Waals surface area contributed by atoms with E-state index in [0.29, 0.717) is 5.69 Å². The molecule has 2 heterocycles. The molecule has 2 amide bonds. The van der Waals surface area contributed by atoms with Gasteiger partial charge in [0.15, 0.2) is 5.69 Å². The predicted molar refractivity (Wildman–Crippen MR) is 95.9 cm³/mol. The lowest BCUT2D eigenvalue weighted by Gasteiger charge is -2.16. The Hall–Kier alpha value is -3.55. The van der Waals surface area contributed by atoms with Crippen molar-refractivity contribution in [2.24, 2.45) is 0 Å². The third-order valence-electron chi connectivity index (χ3n) is 3.92. The molecule has 8 heteroatoms. The highest BCUT2D eigenvalue weighted by molar-refractivity contribution is 6.04. The highest BCUT2D eigenvalue weighted by Crippen LogP contribution is 2.21. The molecule has 0 bridgehead atoms. The fourth-order valence-electron chi connectivity index (χ4n) is 2.53. The van der Waals surface area contributed by atoms with Crippen molar-refractivity contribution in [3.05, 3.63) is 71.8 Å². The van der Waals surface area contributed by atoms with Gasteiger partial charge >= 0.3 is 0 Å². The minimum Gasteiger partial charge on any atom is -0.354 e. The molecule has 3 rings (SSSR count). The van der Waals surface area contributed by atoms with Gasteiger partial charge in [-0.25, -0.2) is 0 Å². The SMILES string of the molecule is CNC(=O)c1cc(C(=O)Nc2ccnnc2)n(C(C)c2ccccc2)n1. The Labute approximate surface area is 150 Å². The monoisotopic (exact) mass is 350 g/mol. The highest BCUT2D eigenvalue weighted by Gasteiger charge is 2.22. The number of nitrogens with one attached hydrogen (secondary N) is 2. The van der Waals surface area contributed by atoms with Crippen LogP contribution in [0.25, 0.3) is 0 Å². The van der Waals surface area contributed by atoms with Gasteiger partial charge in [-0.15, -0.1) is 0 Å². The second-order valence-corrected chi connectivity index (χ2v) is 5.61. The van der Waals surface area contributed by atoms with Crippen molar-refractivity contribution >= 4 is 17.5 Å². The van der Waals surface area contributed by atoms with E-state index in [4.69, 9.17) is 0 Å². The summed E-state index contributed by atoms with van der Waals surface area (Å²) in [6.07, 6.45) is 2.92. The Balaban J connectivity index is 1.98. The molecule has 2 aromatic heterocycles. The maximum atomic E-state index is 12.7. The summed E-state index contributed by atoms with van der Waals surface area (Å²) in [4.78, 5) is 24.7. The van der Waals surface area contributed by atoms with Gasteiger partial charge < -0.3 is 10.6 Å². The van der Waals surface area contributed by atoms with Gasteiger partial charge in [-0.1, -0.05) is 30.3 Å². The first-order valence-corrected chi connectivity index (χ1v) is 8.04. The van der Waals surface area contributed by atoms with Gasteiger partial charge in [0.1, 0.15) is 5.69 Å². The van der Waals surface area contributed by atoms with Crippen LogP contribution in [0.5, 0.6) is 0 Å². The Bertz CT molecular complexity index is 908. The van der Waals surface area contributed by atoms with E-state index in [9.17, 15) is 9.59 Å². The summed E-state index contributed by atoms with van der Waals surface area (Å²) in [6.45, 7) is 1.92. The Morgan fingerprint density at radius 3 is 2.50 bits per heavy atom. The van der Waals surface area contributed by atoms with Crippen LogP contribution in [0.3, 0.4) is 0 Å². The van der Waals surface area contributed by atoms with Crippen molar-refractivity contribution in [2.75, 3.05) is 12.4 Å². The third kappa shape index (κ3) is 3.59. The first-order valence-electron chi connectivity index (χ1n) is 8.04. The maximum absolute atomic E-state index is 12.7. The smallest absolute Gasteiger partial charge is 0.274 e. The number of nitrogens with zero attached hydrogens (tertiary/aromatic N) is 4. The van der Waals surface area contributed by atoms with Crippen LogP contribution in [0, 0.1) is 0 Å². The van der Waals surface area contributed by atoms with Gasteiger partial charge in [-0.2, -0.15) is 15.3 Å². The fourth-order valence-corrected chi connectivity index (χ4v) is 2.53. The number of rotatable bonds is 5. The van der Waals surface area contributed by atoms with E-state index in [1.807, 2.05) is 37.3 Å². The standard InChI is InChI=1S/C18H18N6O2/c1-12(13-6-4-3-5-7-13)24-16(10-15(23-24)17(25)19-2)18(26)22-14-8-9-20-21-11-14/h3-12H,1-2H3,(H,19,25)(H,20,22,26). The number of carbonyl (C=O) groups excluding carboxylic acids is 2. The number of aromatic nitrogens is 4. The average molecular weight is 350 g/mol. The number of hydrogen-bond acceptors (Lipinski definition) is 5. The van der Waals surface area contributed by atoms with Crippen molar-refractivity contribution in [3.8, 4) is 0 Å². The van der Waals surface area contributed by atoms with Crippen LogP contribution in [-0.4, -0.2) is 38.8 Å². The van der Waals surface area contributed by atoms with E-state index >= 15 is 0 Å². The molecule has 0 saturated heterocycles. The number of anilines is 1. The lowest BCUT2D eigenvalue weighted by molar-refractivity contribution is 0.0956. The topological polar surface area (TPSA) is 102 Å². The van der Waals surface area contributed by atoms with E-state index in [0.717, 1.165) is 5.56 Å². The van der Waals surface area contributed by atoms with E-state index in [1.165, 1.54) is 25.5 Å². The largest absolute Gasteiger partial charge is 0.354 e. The fraction of sp³-hybridized carbons (Fsp3) is 0.167. The molecule has 0 aliphatic carbocycles. The van der Waals surface area contributed by atoms with Gasteiger partial charge in [-0.3, -0.25) is 14.3 Å². The second kappa shape index (κ2) is 7.56. The summed E-state index contributed by atoms with van der Waals surface area (Å²) >= 11 is 0. The van der Waals surface area contributed by atoms with Crippen LogP contribution < -0.4 is 10.6 Å². The summed E-state index contributed by atoms with van der Waals surface area (Å²) in [5.41, 5.74) is 1.93. The maximum Gasteiger partial charge on any atom is 0.274 e. The minimum atomic E-state index is -0.386. The van der Waals surface area contributed by atoms with Gasteiger partial charge in [0, 0.05) is 13.1 Å². The summed E-state index contributed by atoms with van der Waals surface area (Å²) in [5, 5.41) is 17.0. The van der Waals surface area contributed by atoms with E-state index in [1.54, 1.807) is 10.7 Å². The molecule has 0 radical (unpaired) electrons. The normalized spacial score (nSPS) is 11.6. The summed E-state index contributed by atoms with van der Waals surface area (Å²) in [5.74, 6) is -0.743. The zero-order chi connectivity index (χ0) is 18.5. The van der Waals surface area contributed by atoms with Gasteiger partial charge in [0.25, 0.3) is 11.8 Å². The number of benzene rings is 1. The predicted octanol–water partition coefficient (Wildman–Crippen LogP) is 1.89. The van der Waals surface area contributed by atoms with Crippen molar-refractivity contribution in [1.82, 2.24) is 25.3 Å². The number of hydrogen-bond donors (Lipinski definition) is 2. The van der Waals surface area contributed by atoms with E-state index < -0.39 is 0 Å². The molecule has 8 nitrogen and oxygen atoms in total. The molecule has 3 aromatic rings.